The van der Waals surface area contributed by atoms with Crippen molar-refractivity contribution in [2.24, 2.45) is 0 Å². The van der Waals surface area contributed by atoms with E-state index in [9.17, 15) is 0 Å². The molecule has 0 heterocycles. The zero-order valence-electron chi connectivity index (χ0n) is 12.1. The fourth-order valence-corrected chi connectivity index (χ4v) is 2.46. The molecule has 0 unspecified atom stereocenters. The lowest BCUT2D eigenvalue weighted by Gasteiger charge is -2.11. The fourth-order valence-electron chi connectivity index (χ4n) is 1.96. The quantitative estimate of drug-likeness (QED) is 0.746. The highest BCUT2D eigenvalue weighted by Gasteiger charge is 2.07. The third-order valence-corrected chi connectivity index (χ3v) is 3.78. The molecular weight excluding hydrogens is 319 g/mol. The predicted molar refractivity (Wildman–Crippen MR) is 93.1 cm³/mol. The van der Waals surface area contributed by atoms with E-state index in [0.29, 0.717) is 15.8 Å². The number of hydrogen-bond donors (Lipinski definition) is 2. The zero-order chi connectivity index (χ0) is 15.9. The molecule has 0 spiro atoms. The number of hydrogen-bond acceptors (Lipinski definition) is 3. The molecule has 2 aromatic rings. The Bertz CT molecular complexity index is 679. The Morgan fingerprint density at radius 2 is 1.86 bits per heavy atom. The van der Waals surface area contributed by atoms with Gasteiger partial charge in [-0.15, -0.1) is 0 Å². The number of allylic oxidation sites excluding steroid dienone is 1. The molecule has 0 radical (unpaired) electrons. The predicted octanol–water partition coefficient (Wildman–Crippen LogP) is 4.78. The molecule has 5 heteroatoms. The van der Waals surface area contributed by atoms with Gasteiger partial charge in [0.2, 0.25) is 0 Å². The van der Waals surface area contributed by atoms with Crippen LogP contribution >= 0.6 is 23.2 Å². The third-order valence-electron chi connectivity index (χ3n) is 3.07. The Balaban J connectivity index is 2.17. The van der Waals surface area contributed by atoms with E-state index >= 15 is 0 Å². The first-order chi connectivity index (χ1) is 10.7. The van der Waals surface area contributed by atoms with Crippen LogP contribution in [0.1, 0.15) is 11.1 Å². The highest BCUT2D eigenvalue weighted by molar-refractivity contribution is 6.35. The summed E-state index contributed by atoms with van der Waals surface area (Å²) >= 11 is 12.3. The van der Waals surface area contributed by atoms with Crippen molar-refractivity contribution in [3.8, 4) is 5.75 Å². The normalized spacial score (nSPS) is 11.1. The van der Waals surface area contributed by atoms with Gasteiger partial charge in [-0.2, -0.15) is 0 Å². The molecule has 0 saturated carbocycles. The summed E-state index contributed by atoms with van der Waals surface area (Å²) in [5.74, 6) is 0.692. The van der Waals surface area contributed by atoms with Gasteiger partial charge in [0.15, 0.2) is 0 Å². The van der Waals surface area contributed by atoms with Crippen molar-refractivity contribution >= 4 is 35.0 Å². The molecule has 0 aliphatic heterocycles. The summed E-state index contributed by atoms with van der Waals surface area (Å²) in [5.41, 5.74) is 2.42. The number of rotatable bonds is 6. The minimum atomic E-state index is 0.289. The SMILES string of the molecule is CN/C=C(\C=N)c1cccc(OCc2c(Cl)cccc2Cl)c1. The summed E-state index contributed by atoms with van der Waals surface area (Å²) in [7, 11) is 1.79. The molecule has 0 aliphatic rings. The molecule has 0 aliphatic carbocycles. The van der Waals surface area contributed by atoms with Crippen LogP contribution in [0.3, 0.4) is 0 Å². The van der Waals surface area contributed by atoms with E-state index in [2.05, 4.69) is 5.32 Å². The van der Waals surface area contributed by atoms with Gasteiger partial charge in [0.05, 0.1) is 0 Å². The van der Waals surface area contributed by atoms with Gasteiger partial charge < -0.3 is 15.5 Å². The van der Waals surface area contributed by atoms with Gasteiger partial charge in [-0.05, 0) is 29.8 Å². The monoisotopic (exact) mass is 334 g/mol. The van der Waals surface area contributed by atoms with E-state index in [1.54, 1.807) is 31.4 Å². The second kappa shape index (κ2) is 7.87. The lowest BCUT2D eigenvalue weighted by atomic mass is 10.1. The van der Waals surface area contributed by atoms with Gasteiger partial charge >= 0.3 is 0 Å². The standard InChI is InChI=1S/C17H16Cl2N2O/c1-21-10-13(9-20)12-4-2-5-14(8-12)22-11-15-16(18)6-3-7-17(15)19/h2-10,20-21H,11H2,1H3/b13-10+,20-9?. The molecule has 0 bridgehead atoms. The smallest absolute Gasteiger partial charge is 0.120 e. The largest absolute Gasteiger partial charge is 0.489 e. The van der Waals surface area contributed by atoms with Crippen LogP contribution in [0.4, 0.5) is 0 Å². The zero-order valence-corrected chi connectivity index (χ0v) is 13.6. The Morgan fingerprint density at radius 3 is 2.50 bits per heavy atom. The van der Waals surface area contributed by atoms with Gasteiger partial charge in [-0.3, -0.25) is 0 Å². The number of nitrogens with one attached hydrogen (secondary N) is 2. The summed E-state index contributed by atoms with van der Waals surface area (Å²) in [5, 5.41) is 11.5. The van der Waals surface area contributed by atoms with E-state index in [1.807, 2.05) is 24.3 Å². The molecule has 0 aromatic heterocycles. The Morgan fingerprint density at radius 1 is 1.18 bits per heavy atom. The molecule has 0 atom stereocenters. The summed E-state index contributed by atoms with van der Waals surface area (Å²) in [6.45, 7) is 0.289. The molecule has 2 rings (SSSR count). The van der Waals surface area contributed by atoms with Crippen LogP contribution < -0.4 is 10.1 Å². The van der Waals surface area contributed by atoms with Gasteiger partial charge in [0.1, 0.15) is 12.4 Å². The van der Waals surface area contributed by atoms with Crippen LogP contribution in [0.25, 0.3) is 5.57 Å². The molecule has 0 fully saturated rings. The summed E-state index contributed by atoms with van der Waals surface area (Å²) in [6, 6.07) is 12.9. The lowest BCUT2D eigenvalue weighted by Crippen LogP contribution is -1.99. The molecule has 3 nitrogen and oxygen atoms in total. The highest BCUT2D eigenvalue weighted by atomic mass is 35.5. The first-order valence-corrected chi connectivity index (χ1v) is 7.45. The second-order valence-corrected chi connectivity index (χ2v) is 5.36. The number of halogens is 2. The van der Waals surface area contributed by atoms with Crippen molar-refractivity contribution in [3.05, 3.63) is 69.8 Å². The van der Waals surface area contributed by atoms with Crippen LogP contribution in [0.15, 0.2) is 48.7 Å². The van der Waals surface area contributed by atoms with Crippen molar-refractivity contribution in [2.45, 2.75) is 6.61 Å². The lowest BCUT2D eigenvalue weighted by molar-refractivity contribution is 0.306. The average Bonchev–Trinajstić information content (AvgIpc) is 2.52. The van der Waals surface area contributed by atoms with Crippen LogP contribution in [-0.2, 0) is 6.61 Å². The van der Waals surface area contributed by atoms with Crippen LogP contribution in [0, 0.1) is 5.41 Å². The van der Waals surface area contributed by atoms with Crippen LogP contribution in [-0.4, -0.2) is 13.3 Å². The maximum absolute atomic E-state index is 7.45. The highest BCUT2D eigenvalue weighted by Crippen LogP contribution is 2.26. The minimum absolute atomic E-state index is 0.289. The summed E-state index contributed by atoms with van der Waals surface area (Å²) in [6.07, 6.45) is 3.05. The molecular formula is C17H16Cl2N2O. The van der Waals surface area contributed by atoms with E-state index in [0.717, 1.165) is 16.7 Å². The van der Waals surface area contributed by atoms with Crippen molar-refractivity contribution in [1.82, 2.24) is 5.32 Å². The first kappa shape index (κ1) is 16.4. The van der Waals surface area contributed by atoms with Crippen molar-refractivity contribution in [3.63, 3.8) is 0 Å². The maximum Gasteiger partial charge on any atom is 0.120 e. The maximum atomic E-state index is 7.45. The Labute approximate surface area is 140 Å². The van der Waals surface area contributed by atoms with E-state index in [-0.39, 0.29) is 6.61 Å². The van der Waals surface area contributed by atoms with Crippen LogP contribution in [0.5, 0.6) is 5.75 Å². The molecule has 22 heavy (non-hydrogen) atoms. The molecule has 2 N–H and O–H groups in total. The Hall–Kier alpha value is -1.97. The molecule has 2 aromatic carbocycles. The summed E-state index contributed by atoms with van der Waals surface area (Å²) in [4.78, 5) is 0. The first-order valence-electron chi connectivity index (χ1n) is 6.69. The van der Waals surface area contributed by atoms with E-state index in [1.165, 1.54) is 6.21 Å². The molecule has 114 valence electrons. The third kappa shape index (κ3) is 4.03. The average molecular weight is 335 g/mol. The fraction of sp³-hybridized carbons (Fsp3) is 0.118. The minimum Gasteiger partial charge on any atom is -0.489 e. The van der Waals surface area contributed by atoms with Gasteiger partial charge in [-0.1, -0.05) is 41.4 Å². The van der Waals surface area contributed by atoms with Gasteiger partial charge in [0, 0.05) is 40.6 Å². The van der Waals surface area contributed by atoms with Crippen molar-refractivity contribution in [2.75, 3.05) is 7.05 Å². The molecule has 0 amide bonds. The van der Waals surface area contributed by atoms with Gasteiger partial charge in [0.25, 0.3) is 0 Å². The van der Waals surface area contributed by atoms with E-state index in [4.69, 9.17) is 33.3 Å². The van der Waals surface area contributed by atoms with Crippen molar-refractivity contribution in [1.29, 1.82) is 5.41 Å². The van der Waals surface area contributed by atoms with E-state index < -0.39 is 0 Å². The van der Waals surface area contributed by atoms with Gasteiger partial charge in [-0.25, -0.2) is 0 Å². The Kier molecular flexibility index (Phi) is 5.87. The molecule has 0 saturated heterocycles. The number of benzene rings is 2. The van der Waals surface area contributed by atoms with Crippen molar-refractivity contribution < 1.29 is 4.74 Å². The summed E-state index contributed by atoms with van der Waals surface area (Å²) < 4.78 is 5.78. The number of ether oxygens (including phenoxy) is 1. The second-order valence-electron chi connectivity index (χ2n) is 4.55. The van der Waals surface area contributed by atoms with Crippen LogP contribution in [0.2, 0.25) is 10.0 Å². The topological polar surface area (TPSA) is 45.1 Å².